The van der Waals surface area contributed by atoms with Crippen LogP contribution in [0.1, 0.15) is 13.3 Å². The molecule has 3 heteroatoms. The first kappa shape index (κ1) is 8.43. The van der Waals surface area contributed by atoms with Crippen molar-refractivity contribution in [3.63, 3.8) is 0 Å². The zero-order valence-electron chi connectivity index (χ0n) is 5.68. The lowest BCUT2D eigenvalue weighted by Crippen LogP contribution is -2.24. The number of esters is 1. The van der Waals surface area contributed by atoms with Crippen molar-refractivity contribution >= 4 is 5.97 Å². The molecule has 0 saturated heterocycles. The van der Waals surface area contributed by atoms with Crippen molar-refractivity contribution in [3.05, 3.63) is 6.92 Å². The van der Waals surface area contributed by atoms with Crippen LogP contribution >= 0.6 is 0 Å². The zero-order valence-corrected chi connectivity index (χ0v) is 5.68. The first-order valence-corrected chi connectivity index (χ1v) is 2.60. The van der Waals surface area contributed by atoms with Crippen LogP contribution in [0.5, 0.6) is 0 Å². The van der Waals surface area contributed by atoms with Gasteiger partial charge in [0.15, 0.2) is 0 Å². The molecule has 1 radical (unpaired) electrons. The Morgan fingerprint density at radius 1 is 1.89 bits per heavy atom. The number of carbonyl (C=O) groups excluding carboxylic acids is 1. The Hall–Kier alpha value is -0.570. The first-order valence-electron chi connectivity index (χ1n) is 2.60. The predicted octanol–water partition coefficient (Wildman–Crippen LogP) is 0.135. The summed E-state index contributed by atoms with van der Waals surface area (Å²) >= 11 is 0. The van der Waals surface area contributed by atoms with E-state index in [2.05, 4.69) is 11.7 Å². The van der Waals surface area contributed by atoms with Gasteiger partial charge < -0.3 is 9.84 Å². The van der Waals surface area contributed by atoms with Gasteiger partial charge in [0.2, 0.25) is 0 Å². The summed E-state index contributed by atoms with van der Waals surface area (Å²) < 4.78 is 4.29. The first-order chi connectivity index (χ1) is 3.95. The van der Waals surface area contributed by atoms with Crippen LogP contribution in [0, 0.1) is 6.92 Å². The number of rotatable bonds is 2. The van der Waals surface area contributed by atoms with Crippen molar-refractivity contribution in [2.24, 2.45) is 0 Å². The van der Waals surface area contributed by atoms with Gasteiger partial charge in [0.1, 0.15) is 0 Å². The van der Waals surface area contributed by atoms with Crippen LogP contribution in [-0.2, 0) is 9.53 Å². The lowest BCUT2D eigenvalue weighted by atomic mass is 10.1. The van der Waals surface area contributed by atoms with E-state index in [0.717, 1.165) is 0 Å². The molecule has 0 saturated carbocycles. The molecule has 0 amide bonds. The lowest BCUT2D eigenvalue weighted by Gasteiger charge is -2.13. The van der Waals surface area contributed by atoms with Gasteiger partial charge in [-0.1, -0.05) is 0 Å². The van der Waals surface area contributed by atoms with Gasteiger partial charge in [0, 0.05) is 0 Å². The smallest absolute Gasteiger partial charge is 0.308 e. The second kappa shape index (κ2) is 2.82. The monoisotopic (exact) mass is 131 g/mol. The van der Waals surface area contributed by atoms with E-state index in [1.807, 2.05) is 0 Å². The molecule has 0 spiro atoms. The lowest BCUT2D eigenvalue weighted by molar-refractivity contribution is -0.144. The number of carbonyl (C=O) groups is 1. The molecule has 0 rings (SSSR count). The SMILES string of the molecule is [CH2]C(C)(O)CC(=O)OC. The molecule has 3 nitrogen and oxygen atoms in total. The Kier molecular flexibility index (Phi) is 2.65. The summed E-state index contributed by atoms with van der Waals surface area (Å²) in [5, 5.41) is 8.91. The Labute approximate surface area is 54.6 Å². The van der Waals surface area contributed by atoms with Crippen LogP contribution < -0.4 is 0 Å². The summed E-state index contributed by atoms with van der Waals surface area (Å²) in [5.41, 5.74) is -1.20. The maximum atomic E-state index is 10.4. The highest BCUT2D eigenvalue weighted by Gasteiger charge is 2.17. The van der Waals surface area contributed by atoms with Gasteiger partial charge in [-0.2, -0.15) is 0 Å². The molecule has 1 unspecified atom stereocenters. The third-order valence-corrected chi connectivity index (χ3v) is 0.753. The Morgan fingerprint density at radius 3 is 2.44 bits per heavy atom. The zero-order chi connectivity index (χ0) is 7.49. The van der Waals surface area contributed by atoms with E-state index < -0.39 is 11.6 Å². The van der Waals surface area contributed by atoms with Gasteiger partial charge in [-0.25, -0.2) is 0 Å². The Bertz CT molecular complexity index is 101. The fourth-order valence-corrected chi connectivity index (χ4v) is 0.383. The summed E-state index contributed by atoms with van der Waals surface area (Å²) in [4.78, 5) is 10.4. The number of aliphatic hydroxyl groups is 1. The minimum absolute atomic E-state index is 0.0660. The normalized spacial score (nSPS) is 11.1. The van der Waals surface area contributed by atoms with Crippen LogP contribution in [0.4, 0.5) is 0 Å². The highest BCUT2D eigenvalue weighted by atomic mass is 16.5. The van der Waals surface area contributed by atoms with Crippen molar-refractivity contribution in [2.75, 3.05) is 7.11 Å². The van der Waals surface area contributed by atoms with E-state index in [1.54, 1.807) is 0 Å². The molecule has 0 bridgehead atoms. The van der Waals surface area contributed by atoms with Gasteiger partial charge in [-0.15, -0.1) is 0 Å². The second-order valence-corrected chi connectivity index (χ2v) is 2.25. The van der Waals surface area contributed by atoms with E-state index in [1.165, 1.54) is 14.0 Å². The summed E-state index contributed by atoms with van der Waals surface area (Å²) in [6.07, 6.45) is -0.0660. The van der Waals surface area contributed by atoms with Crippen molar-refractivity contribution in [2.45, 2.75) is 18.9 Å². The van der Waals surface area contributed by atoms with Gasteiger partial charge in [0.05, 0.1) is 19.1 Å². The van der Waals surface area contributed by atoms with Gasteiger partial charge in [-0.3, -0.25) is 4.79 Å². The Balaban J connectivity index is 3.60. The van der Waals surface area contributed by atoms with Gasteiger partial charge in [-0.05, 0) is 13.8 Å². The van der Waals surface area contributed by atoms with E-state index >= 15 is 0 Å². The van der Waals surface area contributed by atoms with Crippen molar-refractivity contribution in [1.29, 1.82) is 0 Å². The molecule has 1 atom stereocenters. The van der Waals surface area contributed by atoms with Crippen molar-refractivity contribution in [3.8, 4) is 0 Å². The molecule has 53 valence electrons. The minimum atomic E-state index is -1.20. The number of hydrogen-bond acceptors (Lipinski definition) is 3. The highest BCUT2D eigenvalue weighted by molar-refractivity contribution is 5.70. The summed E-state index contributed by atoms with van der Waals surface area (Å²) in [5.74, 6) is -0.449. The third kappa shape index (κ3) is 5.30. The predicted molar refractivity (Wildman–Crippen MR) is 32.6 cm³/mol. The molecule has 9 heavy (non-hydrogen) atoms. The quantitative estimate of drug-likeness (QED) is 0.542. The van der Waals surface area contributed by atoms with E-state index in [0.29, 0.717) is 0 Å². The van der Waals surface area contributed by atoms with Crippen molar-refractivity contribution in [1.82, 2.24) is 0 Å². The average molecular weight is 131 g/mol. The maximum Gasteiger partial charge on any atom is 0.308 e. The maximum absolute atomic E-state index is 10.4. The second-order valence-electron chi connectivity index (χ2n) is 2.25. The molecular formula is C6H11O3. The van der Waals surface area contributed by atoms with Crippen LogP contribution in [0.2, 0.25) is 0 Å². The summed E-state index contributed by atoms with van der Waals surface area (Å²) in [6.45, 7) is 4.76. The van der Waals surface area contributed by atoms with Crippen molar-refractivity contribution < 1.29 is 14.6 Å². The van der Waals surface area contributed by atoms with Gasteiger partial charge in [0.25, 0.3) is 0 Å². The minimum Gasteiger partial charge on any atom is -0.469 e. The fraction of sp³-hybridized carbons (Fsp3) is 0.667. The van der Waals surface area contributed by atoms with Crippen LogP contribution in [0.15, 0.2) is 0 Å². The molecule has 0 aromatic rings. The van der Waals surface area contributed by atoms with E-state index in [9.17, 15) is 4.79 Å². The van der Waals surface area contributed by atoms with Crippen LogP contribution in [0.25, 0.3) is 0 Å². The fourth-order valence-electron chi connectivity index (χ4n) is 0.383. The molecule has 0 heterocycles. The molecule has 0 aliphatic heterocycles. The molecule has 0 fully saturated rings. The number of ether oxygens (including phenoxy) is 1. The Morgan fingerprint density at radius 2 is 2.33 bits per heavy atom. The number of methoxy groups -OCH3 is 1. The summed E-state index contributed by atoms with van der Waals surface area (Å²) in [7, 11) is 1.27. The highest BCUT2D eigenvalue weighted by Crippen LogP contribution is 2.06. The number of hydrogen-bond donors (Lipinski definition) is 1. The van der Waals surface area contributed by atoms with Gasteiger partial charge >= 0.3 is 5.97 Å². The summed E-state index contributed by atoms with van der Waals surface area (Å²) in [6, 6.07) is 0. The molecule has 0 aromatic carbocycles. The van der Waals surface area contributed by atoms with Crippen LogP contribution in [-0.4, -0.2) is 23.8 Å². The van der Waals surface area contributed by atoms with E-state index in [-0.39, 0.29) is 6.42 Å². The third-order valence-electron chi connectivity index (χ3n) is 0.753. The topological polar surface area (TPSA) is 46.5 Å². The largest absolute Gasteiger partial charge is 0.469 e. The molecule has 0 aliphatic rings. The molecule has 0 aliphatic carbocycles. The van der Waals surface area contributed by atoms with Crippen LogP contribution in [0.3, 0.4) is 0 Å². The standard InChI is InChI=1S/C6H11O3/c1-6(2,8)4-5(7)9-3/h8H,1,4H2,2-3H3. The average Bonchev–Trinajstić information content (AvgIpc) is 1.62. The molecule has 0 aromatic heterocycles. The molecule has 1 N–H and O–H groups in total. The molecular weight excluding hydrogens is 120 g/mol. The van der Waals surface area contributed by atoms with E-state index in [4.69, 9.17) is 5.11 Å².